The number of carboxylic acids is 1. The second kappa shape index (κ2) is 8.78. The second-order valence-electron chi connectivity index (χ2n) is 3.51. The smallest absolute Gasteiger partial charge is 0.335 e. The normalized spacial score (nSPS) is 10.4. The van der Waals surface area contributed by atoms with Gasteiger partial charge >= 0.3 is 5.97 Å². The molecule has 2 nitrogen and oxygen atoms in total. The number of benzene rings is 1. The van der Waals surface area contributed by atoms with E-state index in [1.54, 1.807) is 22.9 Å². The molecular formula is C12H16O2S3. The Labute approximate surface area is 114 Å². The van der Waals surface area contributed by atoms with E-state index in [1.165, 1.54) is 24.2 Å². The SMILES string of the molecule is CCCCSSSCc1ccc(C(=O)O)cc1. The van der Waals surface area contributed by atoms with Crippen molar-refractivity contribution >= 4 is 37.4 Å². The van der Waals surface area contributed by atoms with Crippen LogP contribution >= 0.6 is 31.4 Å². The highest BCUT2D eigenvalue weighted by atomic mass is 33.5. The topological polar surface area (TPSA) is 37.3 Å². The van der Waals surface area contributed by atoms with Crippen molar-refractivity contribution in [3.05, 3.63) is 35.4 Å². The average molecular weight is 288 g/mol. The van der Waals surface area contributed by atoms with E-state index in [1.807, 2.05) is 32.8 Å². The molecule has 0 aliphatic rings. The molecular weight excluding hydrogens is 272 g/mol. The molecule has 0 unspecified atom stereocenters. The molecule has 0 radical (unpaired) electrons. The summed E-state index contributed by atoms with van der Waals surface area (Å²) in [5.41, 5.74) is 1.52. The van der Waals surface area contributed by atoms with Gasteiger partial charge in [0.25, 0.3) is 0 Å². The lowest BCUT2D eigenvalue weighted by Crippen LogP contribution is -1.95. The van der Waals surface area contributed by atoms with Crippen molar-refractivity contribution in [1.82, 2.24) is 0 Å². The predicted octanol–water partition coefficient (Wildman–Crippen LogP) is 4.71. The summed E-state index contributed by atoms with van der Waals surface area (Å²) in [5.74, 6) is 1.25. The lowest BCUT2D eigenvalue weighted by Gasteiger charge is -2.01. The van der Waals surface area contributed by atoms with Gasteiger partial charge in [-0.1, -0.05) is 47.1 Å². The molecule has 0 saturated carbocycles. The zero-order chi connectivity index (χ0) is 12.5. The number of aromatic carboxylic acids is 1. The average Bonchev–Trinajstić information content (AvgIpc) is 2.34. The summed E-state index contributed by atoms with van der Waals surface area (Å²) in [6.45, 7) is 2.20. The van der Waals surface area contributed by atoms with Crippen LogP contribution in [0.4, 0.5) is 0 Å². The first-order valence-electron chi connectivity index (χ1n) is 5.47. The maximum Gasteiger partial charge on any atom is 0.335 e. The molecule has 0 saturated heterocycles. The maximum atomic E-state index is 10.7. The van der Waals surface area contributed by atoms with Gasteiger partial charge in [-0.05, 0) is 33.9 Å². The van der Waals surface area contributed by atoms with Crippen LogP contribution in [-0.2, 0) is 5.75 Å². The molecule has 0 heterocycles. The molecule has 94 valence electrons. The van der Waals surface area contributed by atoms with Gasteiger partial charge in [-0.15, -0.1) is 0 Å². The Balaban J connectivity index is 2.21. The van der Waals surface area contributed by atoms with Crippen molar-refractivity contribution < 1.29 is 9.90 Å². The molecule has 1 aromatic carbocycles. The van der Waals surface area contributed by atoms with E-state index in [4.69, 9.17) is 5.11 Å². The Morgan fingerprint density at radius 1 is 1.24 bits per heavy atom. The minimum absolute atomic E-state index is 0.351. The van der Waals surface area contributed by atoms with Crippen LogP contribution in [0.2, 0.25) is 0 Å². The summed E-state index contributed by atoms with van der Waals surface area (Å²) in [5, 5.41) is 8.76. The summed E-state index contributed by atoms with van der Waals surface area (Å²) in [4.78, 5) is 10.7. The molecule has 0 fully saturated rings. The Morgan fingerprint density at radius 3 is 2.53 bits per heavy atom. The molecule has 17 heavy (non-hydrogen) atoms. The maximum absolute atomic E-state index is 10.7. The standard InChI is InChI=1S/C12H16O2S3/c1-2-3-8-15-17-16-9-10-4-6-11(7-5-10)12(13)14/h4-7H,2-3,8-9H2,1H3,(H,13,14). The Hall–Kier alpha value is -0.260. The fourth-order valence-corrected chi connectivity index (χ4v) is 5.00. The predicted molar refractivity (Wildman–Crippen MR) is 79.7 cm³/mol. The van der Waals surface area contributed by atoms with Crippen LogP contribution in [0.1, 0.15) is 35.7 Å². The molecule has 1 N–H and O–H groups in total. The Bertz CT molecular complexity index is 338. The fraction of sp³-hybridized carbons (Fsp3) is 0.417. The van der Waals surface area contributed by atoms with Gasteiger partial charge in [-0.2, -0.15) is 0 Å². The van der Waals surface area contributed by atoms with Gasteiger partial charge in [-0.25, -0.2) is 4.79 Å². The highest BCUT2D eigenvalue weighted by molar-refractivity contribution is 9.09. The van der Waals surface area contributed by atoms with Gasteiger partial charge in [0, 0.05) is 11.5 Å². The van der Waals surface area contributed by atoms with Crippen LogP contribution in [0, 0.1) is 0 Å². The zero-order valence-corrected chi connectivity index (χ0v) is 12.2. The highest BCUT2D eigenvalue weighted by Gasteiger charge is 2.01. The van der Waals surface area contributed by atoms with Gasteiger partial charge in [0.15, 0.2) is 0 Å². The Kier molecular flexibility index (Phi) is 7.64. The van der Waals surface area contributed by atoms with E-state index in [-0.39, 0.29) is 0 Å². The van der Waals surface area contributed by atoms with E-state index >= 15 is 0 Å². The Morgan fingerprint density at radius 2 is 1.94 bits per heavy atom. The number of unbranched alkanes of at least 4 members (excludes halogenated alkanes) is 1. The van der Waals surface area contributed by atoms with Crippen LogP contribution in [0.15, 0.2) is 24.3 Å². The first-order chi connectivity index (χ1) is 8.24. The summed E-state index contributed by atoms with van der Waals surface area (Å²) in [6.07, 6.45) is 2.51. The number of hydrogen-bond acceptors (Lipinski definition) is 4. The van der Waals surface area contributed by atoms with E-state index < -0.39 is 5.97 Å². The molecule has 1 rings (SSSR count). The summed E-state index contributed by atoms with van der Waals surface area (Å²) in [7, 11) is 5.51. The van der Waals surface area contributed by atoms with Gasteiger partial charge < -0.3 is 5.11 Å². The summed E-state index contributed by atoms with van der Waals surface area (Å²) < 4.78 is 0. The van der Waals surface area contributed by atoms with Crippen LogP contribution in [0.5, 0.6) is 0 Å². The molecule has 0 aliphatic heterocycles. The van der Waals surface area contributed by atoms with Gasteiger partial charge in [0.2, 0.25) is 0 Å². The van der Waals surface area contributed by atoms with E-state index in [9.17, 15) is 4.79 Å². The molecule has 0 aromatic heterocycles. The zero-order valence-electron chi connectivity index (χ0n) is 9.72. The second-order valence-corrected chi connectivity index (χ2v) is 7.86. The lowest BCUT2D eigenvalue weighted by atomic mass is 10.1. The van der Waals surface area contributed by atoms with Crippen LogP contribution < -0.4 is 0 Å². The quantitative estimate of drug-likeness (QED) is 0.553. The highest BCUT2D eigenvalue weighted by Crippen LogP contribution is 2.37. The van der Waals surface area contributed by atoms with Crippen molar-refractivity contribution in [2.45, 2.75) is 25.5 Å². The summed E-state index contributed by atoms with van der Waals surface area (Å²) in [6, 6.07) is 7.09. The minimum atomic E-state index is -0.867. The number of carboxylic acid groups (broad SMARTS) is 1. The van der Waals surface area contributed by atoms with Crippen LogP contribution in [0.3, 0.4) is 0 Å². The molecule has 0 spiro atoms. The van der Waals surface area contributed by atoms with E-state index in [0.29, 0.717) is 5.56 Å². The summed E-state index contributed by atoms with van der Waals surface area (Å²) >= 11 is 0. The third-order valence-corrected chi connectivity index (χ3v) is 6.37. The van der Waals surface area contributed by atoms with E-state index in [2.05, 4.69) is 6.92 Å². The van der Waals surface area contributed by atoms with Gasteiger partial charge in [0.05, 0.1) is 5.56 Å². The van der Waals surface area contributed by atoms with Gasteiger partial charge in [0.1, 0.15) is 0 Å². The lowest BCUT2D eigenvalue weighted by molar-refractivity contribution is 0.0697. The third kappa shape index (κ3) is 6.29. The molecule has 1 aromatic rings. The monoisotopic (exact) mass is 288 g/mol. The van der Waals surface area contributed by atoms with Crippen molar-refractivity contribution in [2.24, 2.45) is 0 Å². The number of carbonyl (C=O) groups is 1. The van der Waals surface area contributed by atoms with Crippen molar-refractivity contribution in [2.75, 3.05) is 5.75 Å². The van der Waals surface area contributed by atoms with Crippen LogP contribution in [-0.4, -0.2) is 16.8 Å². The van der Waals surface area contributed by atoms with Crippen LogP contribution in [0.25, 0.3) is 0 Å². The van der Waals surface area contributed by atoms with Crippen molar-refractivity contribution in [3.8, 4) is 0 Å². The molecule has 5 heteroatoms. The number of rotatable bonds is 8. The fourth-order valence-electron chi connectivity index (χ4n) is 1.11. The van der Waals surface area contributed by atoms with E-state index in [0.717, 1.165) is 5.75 Å². The molecule has 0 atom stereocenters. The largest absolute Gasteiger partial charge is 0.478 e. The molecule has 0 bridgehead atoms. The third-order valence-electron chi connectivity index (χ3n) is 2.10. The molecule has 0 amide bonds. The van der Waals surface area contributed by atoms with Crippen molar-refractivity contribution in [1.29, 1.82) is 0 Å². The molecule has 0 aliphatic carbocycles. The van der Waals surface area contributed by atoms with Gasteiger partial charge in [-0.3, -0.25) is 0 Å². The number of hydrogen-bond donors (Lipinski definition) is 1. The first kappa shape index (κ1) is 14.8. The van der Waals surface area contributed by atoms with Crippen molar-refractivity contribution in [3.63, 3.8) is 0 Å². The first-order valence-corrected chi connectivity index (χ1v) is 9.29. The minimum Gasteiger partial charge on any atom is -0.478 e.